The average Bonchev–Trinajstić information content (AvgIpc) is 2.87. The molecule has 10 atom stereocenters. The number of aliphatic hydroxyl groups is 1. The van der Waals surface area contributed by atoms with Gasteiger partial charge in [0.2, 0.25) is 0 Å². The van der Waals surface area contributed by atoms with Crippen LogP contribution < -0.4 is 0 Å². The molecule has 0 bridgehead atoms. The summed E-state index contributed by atoms with van der Waals surface area (Å²) in [6, 6.07) is 0. The van der Waals surface area contributed by atoms with Gasteiger partial charge in [0.25, 0.3) is 0 Å². The number of carbonyl (C=O) groups is 7. The van der Waals surface area contributed by atoms with Gasteiger partial charge in [0, 0.05) is 48.5 Å². The van der Waals surface area contributed by atoms with Crippen molar-refractivity contribution in [2.75, 3.05) is 13.2 Å². The van der Waals surface area contributed by atoms with Gasteiger partial charge in [0.1, 0.15) is 31.5 Å². The summed E-state index contributed by atoms with van der Waals surface area (Å²) >= 11 is 0. The first-order valence-corrected chi connectivity index (χ1v) is 13.3. The van der Waals surface area contributed by atoms with Gasteiger partial charge in [0.15, 0.2) is 43.1 Å². The van der Waals surface area contributed by atoms with Crippen LogP contribution in [-0.4, -0.2) is 122 Å². The molecule has 2 aliphatic heterocycles. The Morgan fingerprint density at radius 1 is 0.477 bits per heavy atom. The Labute approximate surface area is 251 Å². The summed E-state index contributed by atoms with van der Waals surface area (Å²) in [6.45, 7) is 6.11. The topological polar surface area (TPSA) is 232 Å². The third-order valence-corrected chi connectivity index (χ3v) is 5.90. The maximum atomic E-state index is 12.2. The molecule has 0 radical (unpaired) electrons. The molecule has 44 heavy (non-hydrogen) atoms. The average molecular weight is 637 g/mol. The molecule has 2 saturated heterocycles. The van der Waals surface area contributed by atoms with E-state index in [-0.39, 0.29) is 0 Å². The van der Waals surface area contributed by atoms with Crippen molar-refractivity contribution < 1.29 is 86.0 Å². The fraction of sp³-hybridized carbons (Fsp3) is 0.731. The minimum atomic E-state index is -1.90. The summed E-state index contributed by atoms with van der Waals surface area (Å²) in [4.78, 5) is 83.5. The molecule has 0 aromatic carbocycles. The van der Waals surface area contributed by atoms with Gasteiger partial charge >= 0.3 is 41.8 Å². The number of aliphatic hydroxyl groups excluding tert-OH is 1. The van der Waals surface area contributed by atoms with Crippen molar-refractivity contribution in [1.82, 2.24) is 0 Å². The molecular weight excluding hydrogens is 600 g/mol. The molecule has 0 aliphatic carbocycles. The molecule has 18 nitrogen and oxygen atoms in total. The highest BCUT2D eigenvalue weighted by Crippen LogP contribution is 2.34. The Morgan fingerprint density at radius 3 is 1.27 bits per heavy atom. The SMILES string of the molecule is CC(=O)OC[C@H]1O[C@@H](O[C@H]2[C@H](OC(C)=O)[C@@H](OC(C)=O)C(O)O[C@@H]2COC(C)=O)[C@H](OC(C)=O)[C@@H](OC(C)=O)[C@H]1OC(C)=O. The van der Waals surface area contributed by atoms with Gasteiger partial charge in [-0.2, -0.15) is 0 Å². The maximum absolute atomic E-state index is 12.2. The number of hydrogen-bond donors (Lipinski definition) is 1. The molecule has 248 valence electrons. The summed E-state index contributed by atoms with van der Waals surface area (Å²) in [5, 5.41) is 10.6. The molecular formula is C26H36O18. The van der Waals surface area contributed by atoms with E-state index in [0.29, 0.717) is 0 Å². The molecule has 1 unspecified atom stereocenters. The van der Waals surface area contributed by atoms with Crippen molar-refractivity contribution in [2.45, 2.75) is 110 Å². The third kappa shape index (κ3) is 10.7. The normalized spacial score (nSPS) is 31.5. The van der Waals surface area contributed by atoms with Gasteiger partial charge in [-0.3, -0.25) is 33.6 Å². The van der Waals surface area contributed by atoms with Gasteiger partial charge in [-0.1, -0.05) is 0 Å². The summed E-state index contributed by atoms with van der Waals surface area (Å²) in [6.07, 6.45) is -16.3. The van der Waals surface area contributed by atoms with Crippen LogP contribution in [0.2, 0.25) is 0 Å². The van der Waals surface area contributed by atoms with Gasteiger partial charge in [0.05, 0.1) is 0 Å². The van der Waals surface area contributed by atoms with E-state index in [0.717, 1.165) is 48.5 Å². The van der Waals surface area contributed by atoms with Crippen LogP contribution in [0.3, 0.4) is 0 Å². The van der Waals surface area contributed by atoms with Crippen molar-refractivity contribution in [3.05, 3.63) is 0 Å². The Morgan fingerprint density at radius 2 is 0.841 bits per heavy atom. The zero-order valence-corrected chi connectivity index (χ0v) is 25.1. The van der Waals surface area contributed by atoms with Gasteiger partial charge in [-0.15, -0.1) is 0 Å². The summed E-state index contributed by atoms with van der Waals surface area (Å²) in [7, 11) is 0. The lowest BCUT2D eigenvalue weighted by molar-refractivity contribution is -0.357. The monoisotopic (exact) mass is 636 g/mol. The lowest BCUT2D eigenvalue weighted by atomic mass is 9.96. The van der Waals surface area contributed by atoms with Gasteiger partial charge in [-0.05, 0) is 0 Å². The zero-order chi connectivity index (χ0) is 33.3. The maximum Gasteiger partial charge on any atom is 0.303 e. The molecule has 0 aromatic heterocycles. The molecule has 0 aromatic rings. The van der Waals surface area contributed by atoms with Crippen LogP contribution in [0, 0.1) is 0 Å². The Bertz CT molecular complexity index is 1090. The number of carbonyl (C=O) groups excluding carboxylic acids is 7. The van der Waals surface area contributed by atoms with Crippen LogP contribution >= 0.6 is 0 Å². The van der Waals surface area contributed by atoms with Crippen molar-refractivity contribution in [1.29, 1.82) is 0 Å². The number of rotatable bonds is 11. The molecule has 2 fully saturated rings. The third-order valence-electron chi connectivity index (χ3n) is 5.90. The Hall–Kier alpha value is -3.87. The fourth-order valence-corrected chi connectivity index (χ4v) is 4.49. The predicted molar refractivity (Wildman–Crippen MR) is 135 cm³/mol. The van der Waals surface area contributed by atoms with E-state index in [1.807, 2.05) is 0 Å². The van der Waals surface area contributed by atoms with Crippen molar-refractivity contribution in [2.24, 2.45) is 0 Å². The van der Waals surface area contributed by atoms with Crippen LogP contribution in [0.15, 0.2) is 0 Å². The first-order chi connectivity index (χ1) is 20.5. The molecule has 0 saturated carbocycles. The first-order valence-electron chi connectivity index (χ1n) is 13.3. The second kappa shape index (κ2) is 16.3. The van der Waals surface area contributed by atoms with Crippen LogP contribution in [-0.2, 0) is 80.9 Å². The Kier molecular flexibility index (Phi) is 13.4. The quantitative estimate of drug-likeness (QED) is 0.203. The predicted octanol–water partition coefficient (Wildman–Crippen LogP) is -1.40. The van der Waals surface area contributed by atoms with E-state index < -0.39 is 116 Å². The molecule has 1 N–H and O–H groups in total. The molecule has 2 aliphatic rings. The highest BCUT2D eigenvalue weighted by molar-refractivity contribution is 5.69. The molecule has 18 heteroatoms. The number of ether oxygens (including phenoxy) is 10. The summed E-state index contributed by atoms with van der Waals surface area (Å²) in [5.41, 5.74) is 0. The lowest BCUT2D eigenvalue weighted by Crippen LogP contribution is -2.67. The Balaban J connectivity index is 2.66. The minimum absolute atomic E-state index is 0.572. The van der Waals surface area contributed by atoms with Crippen LogP contribution in [0.4, 0.5) is 0 Å². The van der Waals surface area contributed by atoms with Crippen LogP contribution in [0.5, 0.6) is 0 Å². The highest BCUT2D eigenvalue weighted by Gasteiger charge is 2.57. The highest BCUT2D eigenvalue weighted by atomic mass is 16.8. The second-order valence-electron chi connectivity index (χ2n) is 9.68. The van der Waals surface area contributed by atoms with Crippen molar-refractivity contribution >= 4 is 41.8 Å². The molecule has 2 heterocycles. The second-order valence-corrected chi connectivity index (χ2v) is 9.68. The smallest absolute Gasteiger partial charge is 0.303 e. The number of esters is 7. The van der Waals surface area contributed by atoms with E-state index in [1.165, 1.54) is 0 Å². The van der Waals surface area contributed by atoms with Crippen molar-refractivity contribution in [3.63, 3.8) is 0 Å². The molecule has 0 spiro atoms. The van der Waals surface area contributed by atoms with E-state index in [1.54, 1.807) is 0 Å². The van der Waals surface area contributed by atoms with Crippen molar-refractivity contribution in [3.8, 4) is 0 Å². The largest absolute Gasteiger partial charge is 0.463 e. The standard InChI is InChI=1S/C26H36O18/c1-10(27)35-8-17-20(21(38-13(4)30)23(25(34)42-17)40-15(6)32)44-26-24(41-16(7)33)22(39-14(5)31)19(37-12(3)29)18(43-26)9-36-11(2)28/h17-26,34H,8-9H2,1-7H3/t17-,18-,19+,20-,21+,22+,23-,24-,25?,26+/m1/s1. The fourth-order valence-electron chi connectivity index (χ4n) is 4.49. The van der Waals surface area contributed by atoms with Crippen LogP contribution in [0.25, 0.3) is 0 Å². The van der Waals surface area contributed by atoms with E-state index in [4.69, 9.17) is 47.4 Å². The summed E-state index contributed by atoms with van der Waals surface area (Å²) < 4.78 is 54.1. The van der Waals surface area contributed by atoms with E-state index >= 15 is 0 Å². The van der Waals surface area contributed by atoms with Gasteiger partial charge in [-0.25, -0.2) is 0 Å². The van der Waals surface area contributed by atoms with E-state index in [2.05, 4.69) is 0 Å². The first kappa shape index (κ1) is 36.3. The van der Waals surface area contributed by atoms with Crippen LogP contribution in [0.1, 0.15) is 48.5 Å². The summed E-state index contributed by atoms with van der Waals surface area (Å²) in [5.74, 6) is -6.03. The lowest BCUT2D eigenvalue weighted by Gasteiger charge is -2.48. The number of hydrogen-bond acceptors (Lipinski definition) is 18. The molecule has 0 amide bonds. The van der Waals surface area contributed by atoms with Gasteiger partial charge < -0.3 is 52.5 Å². The van der Waals surface area contributed by atoms with E-state index in [9.17, 15) is 38.7 Å². The zero-order valence-electron chi connectivity index (χ0n) is 25.1. The molecule has 2 rings (SSSR count). The minimum Gasteiger partial charge on any atom is -0.463 e.